The van der Waals surface area contributed by atoms with Crippen molar-refractivity contribution in [1.82, 2.24) is 4.72 Å². The third kappa shape index (κ3) is 6.93. The van der Waals surface area contributed by atoms with Crippen LogP contribution in [0.2, 0.25) is 0 Å². The van der Waals surface area contributed by atoms with Crippen molar-refractivity contribution in [2.45, 2.75) is 45.3 Å². The molecule has 0 aliphatic heterocycles. The zero-order valence-corrected chi connectivity index (χ0v) is 16.3. The van der Waals surface area contributed by atoms with Gasteiger partial charge in [-0.2, -0.15) is 0 Å². The van der Waals surface area contributed by atoms with E-state index in [1.54, 1.807) is 6.07 Å². The smallest absolute Gasteiger partial charge is 0.335 e. The van der Waals surface area contributed by atoms with Gasteiger partial charge in [0.25, 0.3) is 0 Å². The molecule has 0 unspecified atom stereocenters. The standard InChI is InChI=1S/C18H26N2O6S/c1-12-3-5-15(6-4-12)20-27(24,25)11-17(21)19-16-8-13(10-26-2)7-14(9-16)18(22)23/h7-9,12,15,20H,3-6,10-11H2,1-2H3,(H,19,21)(H,22,23). The summed E-state index contributed by atoms with van der Waals surface area (Å²) in [7, 11) is -2.30. The molecule has 0 radical (unpaired) electrons. The van der Waals surface area contributed by atoms with Gasteiger partial charge in [0, 0.05) is 18.8 Å². The van der Waals surface area contributed by atoms with E-state index in [1.165, 1.54) is 19.2 Å². The quantitative estimate of drug-likeness (QED) is 0.615. The van der Waals surface area contributed by atoms with Gasteiger partial charge in [0.2, 0.25) is 15.9 Å². The van der Waals surface area contributed by atoms with Gasteiger partial charge in [-0.1, -0.05) is 6.92 Å². The number of carboxylic acid groups (broad SMARTS) is 1. The van der Waals surface area contributed by atoms with Gasteiger partial charge in [-0.3, -0.25) is 4.79 Å². The van der Waals surface area contributed by atoms with E-state index in [9.17, 15) is 18.0 Å². The minimum absolute atomic E-state index is 0.0165. The fourth-order valence-corrected chi connectivity index (χ4v) is 4.43. The Morgan fingerprint density at radius 2 is 1.85 bits per heavy atom. The molecule has 1 saturated carbocycles. The van der Waals surface area contributed by atoms with E-state index < -0.39 is 27.7 Å². The highest BCUT2D eigenvalue weighted by Gasteiger charge is 2.25. The largest absolute Gasteiger partial charge is 0.478 e. The number of carbonyl (C=O) groups excluding carboxylic acids is 1. The molecule has 9 heteroatoms. The zero-order valence-electron chi connectivity index (χ0n) is 15.5. The first-order chi connectivity index (χ1) is 12.7. The Labute approximate surface area is 159 Å². The molecule has 2 rings (SSSR count). The Bertz CT molecular complexity index is 785. The average Bonchev–Trinajstić information content (AvgIpc) is 2.56. The van der Waals surface area contributed by atoms with Crippen molar-refractivity contribution in [2.24, 2.45) is 5.92 Å². The van der Waals surface area contributed by atoms with E-state index in [1.807, 2.05) is 0 Å². The van der Waals surface area contributed by atoms with Crippen LogP contribution >= 0.6 is 0 Å². The molecule has 0 spiro atoms. The fourth-order valence-electron chi connectivity index (χ4n) is 3.18. The number of benzene rings is 1. The summed E-state index contributed by atoms with van der Waals surface area (Å²) in [6.45, 7) is 2.31. The number of hydrogen-bond donors (Lipinski definition) is 3. The summed E-state index contributed by atoms with van der Waals surface area (Å²) in [6, 6.07) is 4.13. The van der Waals surface area contributed by atoms with Gasteiger partial charge >= 0.3 is 5.97 Å². The molecule has 1 fully saturated rings. The van der Waals surface area contributed by atoms with Crippen molar-refractivity contribution in [3.05, 3.63) is 29.3 Å². The van der Waals surface area contributed by atoms with Crippen molar-refractivity contribution in [3.63, 3.8) is 0 Å². The molecular weight excluding hydrogens is 372 g/mol. The van der Waals surface area contributed by atoms with Crippen molar-refractivity contribution < 1.29 is 27.9 Å². The molecule has 1 aliphatic carbocycles. The number of ether oxygens (including phenoxy) is 1. The second kappa shape index (κ2) is 9.29. The van der Waals surface area contributed by atoms with Crippen LogP contribution in [0.15, 0.2) is 18.2 Å². The monoisotopic (exact) mass is 398 g/mol. The van der Waals surface area contributed by atoms with Gasteiger partial charge < -0.3 is 15.2 Å². The Morgan fingerprint density at radius 1 is 1.19 bits per heavy atom. The van der Waals surface area contributed by atoms with Gasteiger partial charge in [0.05, 0.1) is 12.2 Å². The Hall–Kier alpha value is -1.97. The van der Waals surface area contributed by atoms with Crippen molar-refractivity contribution in [2.75, 3.05) is 18.2 Å². The number of hydrogen-bond acceptors (Lipinski definition) is 5. The highest BCUT2D eigenvalue weighted by molar-refractivity contribution is 7.90. The summed E-state index contributed by atoms with van der Waals surface area (Å²) < 4.78 is 32.1. The summed E-state index contributed by atoms with van der Waals surface area (Å²) in [6.07, 6.45) is 3.46. The first-order valence-electron chi connectivity index (χ1n) is 8.84. The third-order valence-corrected chi connectivity index (χ3v) is 5.85. The van der Waals surface area contributed by atoms with Gasteiger partial charge in [-0.05, 0) is 55.4 Å². The summed E-state index contributed by atoms with van der Waals surface area (Å²) in [4.78, 5) is 23.4. The predicted molar refractivity (Wildman–Crippen MR) is 101 cm³/mol. The molecule has 8 nitrogen and oxygen atoms in total. The number of aromatic carboxylic acids is 1. The molecule has 0 saturated heterocycles. The van der Waals surface area contributed by atoms with Crippen LogP contribution in [0.3, 0.4) is 0 Å². The third-order valence-electron chi connectivity index (χ3n) is 4.52. The van der Waals surface area contributed by atoms with E-state index in [0.717, 1.165) is 25.7 Å². The molecule has 0 atom stereocenters. The summed E-state index contributed by atoms with van der Waals surface area (Å²) in [5, 5.41) is 11.6. The number of methoxy groups -OCH3 is 1. The van der Waals surface area contributed by atoms with Crippen LogP contribution in [0.1, 0.15) is 48.5 Å². The number of carboxylic acids is 1. The number of sulfonamides is 1. The molecule has 3 N–H and O–H groups in total. The van der Waals surface area contributed by atoms with Crippen molar-refractivity contribution in [3.8, 4) is 0 Å². The SMILES string of the molecule is COCc1cc(NC(=O)CS(=O)(=O)NC2CCC(C)CC2)cc(C(=O)O)c1. The highest BCUT2D eigenvalue weighted by Crippen LogP contribution is 2.24. The molecule has 27 heavy (non-hydrogen) atoms. The average molecular weight is 398 g/mol. The van der Waals surface area contributed by atoms with Crippen LogP contribution < -0.4 is 10.0 Å². The molecule has 1 amide bonds. The minimum Gasteiger partial charge on any atom is -0.478 e. The van der Waals surface area contributed by atoms with Crippen LogP contribution in [-0.2, 0) is 26.2 Å². The summed E-state index contributed by atoms with van der Waals surface area (Å²) >= 11 is 0. The lowest BCUT2D eigenvalue weighted by Gasteiger charge is -2.26. The molecular formula is C18H26N2O6S. The molecule has 1 aromatic rings. The number of carbonyl (C=O) groups is 2. The maximum atomic E-state index is 12.2. The lowest BCUT2D eigenvalue weighted by atomic mass is 9.88. The number of rotatable bonds is 8. The van der Waals surface area contributed by atoms with E-state index in [2.05, 4.69) is 17.0 Å². The number of anilines is 1. The summed E-state index contributed by atoms with van der Waals surface area (Å²) in [5.41, 5.74) is 0.760. The first kappa shape index (κ1) is 21.3. The lowest BCUT2D eigenvalue weighted by molar-refractivity contribution is -0.113. The normalized spacial score (nSPS) is 20.2. The first-order valence-corrected chi connectivity index (χ1v) is 10.5. The fraction of sp³-hybridized carbons (Fsp3) is 0.556. The second-order valence-electron chi connectivity index (χ2n) is 7.04. The number of amides is 1. The van der Waals surface area contributed by atoms with Gasteiger partial charge in [-0.25, -0.2) is 17.9 Å². The summed E-state index contributed by atoms with van der Waals surface area (Å²) in [5.74, 6) is -1.99. The van der Waals surface area contributed by atoms with Crippen molar-refractivity contribution >= 4 is 27.6 Å². The van der Waals surface area contributed by atoms with Gasteiger partial charge in [0.1, 0.15) is 5.75 Å². The maximum Gasteiger partial charge on any atom is 0.335 e. The molecule has 0 heterocycles. The van der Waals surface area contributed by atoms with Crippen LogP contribution in [0, 0.1) is 5.92 Å². The van der Waals surface area contributed by atoms with Crippen LogP contribution in [0.4, 0.5) is 5.69 Å². The van der Waals surface area contributed by atoms with Crippen LogP contribution in [0.25, 0.3) is 0 Å². The molecule has 1 aliphatic rings. The maximum absolute atomic E-state index is 12.2. The molecule has 1 aromatic carbocycles. The second-order valence-corrected chi connectivity index (χ2v) is 8.79. The number of nitrogens with one attached hydrogen (secondary N) is 2. The Morgan fingerprint density at radius 3 is 2.44 bits per heavy atom. The predicted octanol–water partition coefficient (Wildman–Crippen LogP) is 1.97. The van der Waals surface area contributed by atoms with E-state index in [-0.39, 0.29) is 23.9 Å². The van der Waals surface area contributed by atoms with Gasteiger partial charge in [-0.15, -0.1) is 0 Å². The van der Waals surface area contributed by atoms with E-state index in [0.29, 0.717) is 11.5 Å². The Balaban J connectivity index is 2.00. The van der Waals surface area contributed by atoms with E-state index >= 15 is 0 Å². The molecule has 150 valence electrons. The highest BCUT2D eigenvalue weighted by atomic mass is 32.2. The molecule has 0 bridgehead atoms. The Kier molecular flexibility index (Phi) is 7.34. The van der Waals surface area contributed by atoms with Crippen LogP contribution in [0.5, 0.6) is 0 Å². The minimum atomic E-state index is -3.77. The lowest BCUT2D eigenvalue weighted by Crippen LogP contribution is -2.41. The molecule has 0 aromatic heterocycles. The zero-order chi connectivity index (χ0) is 20.0. The van der Waals surface area contributed by atoms with E-state index in [4.69, 9.17) is 9.84 Å². The topological polar surface area (TPSA) is 122 Å². The van der Waals surface area contributed by atoms with Crippen molar-refractivity contribution in [1.29, 1.82) is 0 Å². The van der Waals surface area contributed by atoms with Crippen LogP contribution in [-0.4, -0.2) is 44.3 Å². The van der Waals surface area contributed by atoms with Gasteiger partial charge in [0.15, 0.2) is 0 Å².